The predicted octanol–water partition coefficient (Wildman–Crippen LogP) is 3.25. The Hall–Kier alpha value is -0.0000000000000000833. The van der Waals surface area contributed by atoms with Gasteiger partial charge in [-0.05, 0) is 28.8 Å². The van der Waals surface area contributed by atoms with Crippen molar-refractivity contribution in [1.82, 2.24) is 4.90 Å². The molecule has 0 aliphatic heterocycles. The molecule has 1 aromatic heterocycles. The van der Waals surface area contributed by atoms with Crippen molar-refractivity contribution < 1.29 is 8.78 Å². The SMILES string of the molecule is FC(F)CN(CCBr)CCc1ccsc1. The fourth-order valence-electron chi connectivity index (χ4n) is 1.33. The molecule has 0 aliphatic carbocycles. The van der Waals surface area contributed by atoms with E-state index in [1.165, 1.54) is 5.56 Å². The highest BCUT2D eigenvalue weighted by molar-refractivity contribution is 9.09. The standard InChI is InChI=1S/C10H14BrF2NS/c11-3-5-14(7-10(12)13)4-1-9-2-6-15-8-9/h2,6,8,10H,1,3-5,7H2. The Morgan fingerprint density at radius 2 is 2.20 bits per heavy atom. The zero-order valence-corrected chi connectivity index (χ0v) is 10.7. The topological polar surface area (TPSA) is 3.24 Å². The minimum absolute atomic E-state index is 0.129. The highest BCUT2D eigenvalue weighted by Crippen LogP contribution is 2.08. The Kier molecular flexibility index (Phi) is 6.36. The molecule has 1 aromatic rings. The normalized spacial score (nSPS) is 11.5. The predicted molar refractivity (Wildman–Crippen MR) is 64.3 cm³/mol. The van der Waals surface area contributed by atoms with Crippen LogP contribution in [0.25, 0.3) is 0 Å². The second-order valence-electron chi connectivity index (χ2n) is 3.26. The molecule has 1 rings (SSSR count). The minimum atomic E-state index is -2.24. The van der Waals surface area contributed by atoms with Crippen LogP contribution >= 0.6 is 27.3 Å². The maximum absolute atomic E-state index is 12.2. The number of nitrogens with zero attached hydrogens (tertiary/aromatic N) is 1. The fraction of sp³-hybridized carbons (Fsp3) is 0.600. The third kappa shape index (κ3) is 5.58. The number of thiophene rings is 1. The summed E-state index contributed by atoms with van der Waals surface area (Å²) in [5.41, 5.74) is 1.23. The quantitative estimate of drug-likeness (QED) is 0.698. The first-order valence-electron chi connectivity index (χ1n) is 4.80. The van der Waals surface area contributed by atoms with Crippen LogP contribution in [0, 0.1) is 0 Å². The van der Waals surface area contributed by atoms with E-state index < -0.39 is 6.43 Å². The molecule has 0 saturated heterocycles. The van der Waals surface area contributed by atoms with Gasteiger partial charge in [-0.25, -0.2) is 8.78 Å². The maximum Gasteiger partial charge on any atom is 0.251 e. The van der Waals surface area contributed by atoms with Gasteiger partial charge in [0.1, 0.15) is 0 Å². The van der Waals surface area contributed by atoms with Crippen molar-refractivity contribution in [2.24, 2.45) is 0 Å². The van der Waals surface area contributed by atoms with Crippen LogP contribution in [0.4, 0.5) is 8.78 Å². The Morgan fingerprint density at radius 1 is 1.40 bits per heavy atom. The molecule has 0 saturated carbocycles. The summed E-state index contributed by atoms with van der Waals surface area (Å²) in [5.74, 6) is 0. The summed E-state index contributed by atoms with van der Waals surface area (Å²) in [6.45, 7) is 1.25. The molecule has 0 bridgehead atoms. The second-order valence-corrected chi connectivity index (χ2v) is 4.84. The Morgan fingerprint density at radius 3 is 2.73 bits per heavy atom. The van der Waals surface area contributed by atoms with Gasteiger partial charge in [0.05, 0.1) is 6.54 Å². The van der Waals surface area contributed by atoms with E-state index in [0.717, 1.165) is 11.8 Å². The fourth-order valence-corrected chi connectivity index (χ4v) is 2.54. The third-order valence-corrected chi connectivity index (χ3v) is 3.18. The molecule has 0 N–H and O–H groups in total. The molecule has 0 aromatic carbocycles. The molecule has 5 heteroatoms. The van der Waals surface area contributed by atoms with Crippen LogP contribution in [0.15, 0.2) is 16.8 Å². The van der Waals surface area contributed by atoms with Crippen LogP contribution in [-0.4, -0.2) is 36.3 Å². The van der Waals surface area contributed by atoms with Crippen LogP contribution < -0.4 is 0 Å². The number of hydrogen-bond donors (Lipinski definition) is 0. The van der Waals surface area contributed by atoms with Crippen molar-refractivity contribution >= 4 is 27.3 Å². The summed E-state index contributed by atoms with van der Waals surface area (Å²) >= 11 is 4.92. The van der Waals surface area contributed by atoms with Gasteiger partial charge in [0.25, 0.3) is 6.43 Å². The Bertz CT molecular complexity index is 254. The number of hydrogen-bond acceptors (Lipinski definition) is 2. The van der Waals surface area contributed by atoms with E-state index in [1.807, 2.05) is 11.4 Å². The van der Waals surface area contributed by atoms with E-state index in [-0.39, 0.29) is 6.54 Å². The van der Waals surface area contributed by atoms with Crippen LogP contribution in [0.1, 0.15) is 5.56 Å². The van der Waals surface area contributed by atoms with Crippen LogP contribution in [0.2, 0.25) is 0 Å². The average molecular weight is 298 g/mol. The van der Waals surface area contributed by atoms with Gasteiger partial charge >= 0.3 is 0 Å². The minimum Gasteiger partial charge on any atom is -0.297 e. The summed E-state index contributed by atoms with van der Waals surface area (Å²) in [5, 5.41) is 4.81. The molecule has 86 valence electrons. The zero-order chi connectivity index (χ0) is 11.1. The number of alkyl halides is 3. The first-order valence-corrected chi connectivity index (χ1v) is 6.86. The average Bonchev–Trinajstić information content (AvgIpc) is 2.66. The van der Waals surface area contributed by atoms with Gasteiger partial charge in [-0.1, -0.05) is 15.9 Å². The largest absolute Gasteiger partial charge is 0.297 e. The smallest absolute Gasteiger partial charge is 0.251 e. The maximum atomic E-state index is 12.2. The lowest BCUT2D eigenvalue weighted by atomic mass is 10.2. The first kappa shape index (κ1) is 13.1. The van der Waals surface area contributed by atoms with Crippen molar-refractivity contribution in [1.29, 1.82) is 0 Å². The van der Waals surface area contributed by atoms with Gasteiger partial charge in [-0.15, -0.1) is 0 Å². The molecule has 0 unspecified atom stereocenters. The van der Waals surface area contributed by atoms with Crippen molar-refractivity contribution in [3.8, 4) is 0 Å². The van der Waals surface area contributed by atoms with Crippen molar-refractivity contribution in [2.45, 2.75) is 12.8 Å². The van der Waals surface area contributed by atoms with Gasteiger partial charge in [-0.3, -0.25) is 4.90 Å². The molecule has 1 heterocycles. The van der Waals surface area contributed by atoms with Crippen molar-refractivity contribution in [2.75, 3.05) is 25.0 Å². The summed E-state index contributed by atoms with van der Waals surface area (Å²) in [4.78, 5) is 1.79. The summed E-state index contributed by atoms with van der Waals surface area (Å²) in [7, 11) is 0. The van der Waals surface area contributed by atoms with E-state index in [1.54, 1.807) is 16.2 Å². The van der Waals surface area contributed by atoms with Gasteiger partial charge in [0.15, 0.2) is 0 Å². The van der Waals surface area contributed by atoms with E-state index >= 15 is 0 Å². The summed E-state index contributed by atoms with van der Waals surface area (Å²) in [6.07, 6.45) is -1.39. The molecule has 0 radical (unpaired) electrons. The van der Waals surface area contributed by atoms with E-state index in [9.17, 15) is 8.78 Å². The molecule has 0 spiro atoms. The molecular formula is C10H14BrF2NS. The molecule has 0 amide bonds. The number of halogens is 3. The zero-order valence-electron chi connectivity index (χ0n) is 8.33. The Balaban J connectivity index is 2.30. The van der Waals surface area contributed by atoms with E-state index in [0.29, 0.717) is 13.1 Å². The third-order valence-electron chi connectivity index (χ3n) is 2.09. The number of rotatable bonds is 7. The first-order chi connectivity index (χ1) is 7.22. The highest BCUT2D eigenvalue weighted by Gasteiger charge is 2.11. The van der Waals surface area contributed by atoms with Gasteiger partial charge < -0.3 is 0 Å². The molecule has 0 fully saturated rings. The molecule has 0 atom stereocenters. The van der Waals surface area contributed by atoms with Crippen molar-refractivity contribution in [3.63, 3.8) is 0 Å². The Labute approximate surface area is 101 Å². The van der Waals surface area contributed by atoms with Gasteiger partial charge in [0, 0.05) is 18.4 Å². The van der Waals surface area contributed by atoms with Crippen LogP contribution in [0.5, 0.6) is 0 Å². The lowest BCUT2D eigenvalue weighted by Gasteiger charge is -2.20. The molecule has 15 heavy (non-hydrogen) atoms. The summed E-state index contributed by atoms with van der Waals surface area (Å²) < 4.78 is 24.4. The molecular weight excluding hydrogens is 284 g/mol. The van der Waals surface area contributed by atoms with Crippen LogP contribution in [0.3, 0.4) is 0 Å². The van der Waals surface area contributed by atoms with Gasteiger partial charge in [0.2, 0.25) is 0 Å². The van der Waals surface area contributed by atoms with E-state index in [4.69, 9.17) is 0 Å². The lowest BCUT2D eigenvalue weighted by molar-refractivity contribution is 0.0920. The van der Waals surface area contributed by atoms with Crippen LogP contribution in [-0.2, 0) is 6.42 Å². The molecule has 1 nitrogen and oxygen atoms in total. The van der Waals surface area contributed by atoms with Gasteiger partial charge in [-0.2, -0.15) is 11.3 Å². The lowest BCUT2D eigenvalue weighted by Crippen LogP contribution is -2.32. The monoisotopic (exact) mass is 297 g/mol. The van der Waals surface area contributed by atoms with E-state index in [2.05, 4.69) is 21.3 Å². The van der Waals surface area contributed by atoms with Crippen molar-refractivity contribution in [3.05, 3.63) is 22.4 Å². The molecule has 0 aliphatic rings. The second kappa shape index (κ2) is 7.30. The summed E-state index contributed by atoms with van der Waals surface area (Å²) in [6, 6.07) is 2.04. The highest BCUT2D eigenvalue weighted by atomic mass is 79.9.